The van der Waals surface area contributed by atoms with E-state index in [9.17, 15) is 9.59 Å². The predicted molar refractivity (Wildman–Crippen MR) is 94.6 cm³/mol. The molecular weight excluding hydrogens is 346 g/mol. The van der Waals surface area contributed by atoms with Crippen LogP contribution in [0.25, 0.3) is 0 Å². The molecule has 2 N–H and O–H groups in total. The Morgan fingerprint density at radius 1 is 1.36 bits per heavy atom. The SMILES string of the molecule is CN(C)CC(=O)N1CCO[C@](COc2ccc(Cl)cc2)(CC(N)=O)C1. The first kappa shape index (κ1) is 19.5. The number of nitrogens with two attached hydrogens (primary N) is 1. The topological polar surface area (TPSA) is 85.1 Å². The van der Waals surface area contributed by atoms with Crippen molar-refractivity contribution < 1.29 is 19.1 Å². The molecule has 0 unspecified atom stereocenters. The summed E-state index contributed by atoms with van der Waals surface area (Å²) in [5, 5.41) is 0.605. The molecule has 2 rings (SSSR count). The fraction of sp³-hybridized carbons (Fsp3) is 0.529. The first-order valence-corrected chi connectivity index (χ1v) is 8.41. The van der Waals surface area contributed by atoms with Crippen LogP contribution in [0.5, 0.6) is 5.75 Å². The first-order valence-electron chi connectivity index (χ1n) is 8.03. The van der Waals surface area contributed by atoms with Gasteiger partial charge in [0.1, 0.15) is 18.0 Å². The van der Waals surface area contributed by atoms with Crippen molar-refractivity contribution in [3.8, 4) is 5.75 Å². The second-order valence-electron chi connectivity index (χ2n) is 6.47. The number of primary amides is 1. The highest BCUT2D eigenvalue weighted by molar-refractivity contribution is 6.30. The van der Waals surface area contributed by atoms with E-state index in [2.05, 4.69) is 0 Å². The Hall–Kier alpha value is -1.83. The fourth-order valence-electron chi connectivity index (χ4n) is 2.74. The maximum Gasteiger partial charge on any atom is 0.236 e. The summed E-state index contributed by atoms with van der Waals surface area (Å²) in [4.78, 5) is 27.4. The number of amides is 2. The normalized spacial score (nSPS) is 20.6. The van der Waals surface area contributed by atoms with Crippen LogP contribution in [0.2, 0.25) is 5.02 Å². The van der Waals surface area contributed by atoms with E-state index < -0.39 is 11.5 Å². The van der Waals surface area contributed by atoms with Gasteiger partial charge < -0.3 is 25.0 Å². The number of carbonyl (C=O) groups is 2. The molecule has 0 aliphatic carbocycles. The van der Waals surface area contributed by atoms with Gasteiger partial charge in [-0.3, -0.25) is 9.59 Å². The Balaban J connectivity index is 2.08. The molecule has 1 fully saturated rings. The van der Waals surface area contributed by atoms with E-state index in [1.165, 1.54) is 0 Å². The van der Waals surface area contributed by atoms with Gasteiger partial charge in [-0.05, 0) is 38.4 Å². The van der Waals surface area contributed by atoms with Crippen molar-refractivity contribution in [2.45, 2.75) is 12.0 Å². The predicted octanol–water partition coefficient (Wildman–Crippen LogP) is 0.753. The number of carbonyl (C=O) groups excluding carboxylic acids is 2. The van der Waals surface area contributed by atoms with Crippen molar-refractivity contribution in [2.24, 2.45) is 5.73 Å². The van der Waals surface area contributed by atoms with Gasteiger partial charge in [0.05, 0.1) is 26.1 Å². The minimum absolute atomic E-state index is 0.0198. The first-order chi connectivity index (χ1) is 11.8. The van der Waals surface area contributed by atoms with E-state index in [-0.39, 0.29) is 25.5 Å². The molecule has 7 nitrogen and oxygen atoms in total. The number of nitrogens with zero attached hydrogens (tertiary/aromatic N) is 2. The van der Waals surface area contributed by atoms with Gasteiger partial charge in [-0.1, -0.05) is 11.6 Å². The Labute approximate surface area is 152 Å². The summed E-state index contributed by atoms with van der Waals surface area (Å²) in [6.07, 6.45) is -0.0215. The van der Waals surface area contributed by atoms with Crippen molar-refractivity contribution in [3.63, 3.8) is 0 Å². The van der Waals surface area contributed by atoms with Crippen LogP contribution in [0.3, 0.4) is 0 Å². The largest absolute Gasteiger partial charge is 0.490 e. The monoisotopic (exact) mass is 369 g/mol. The van der Waals surface area contributed by atoms with E-state index in [1.54, 1.807) is 34.1 Å². The van der Waals surface area contributed by atoms with Crippen LogP contribution in [0.1, 0.15) is 6.42 Å². The van der Waals surface area contributed by atoms with Crippen LogP contribution in [0.15, 0.2) is 24.3 Å². The average molecular weight is 370 g/mol. The maximum absolute atomic E-state index is 12.4. The molecular formula is C17H24ClN3O4. The summed E-state index contributed by atoms with van der Waals surface area (Å²) in [6, 6.07) is 6.90. The number of likely N-dealkylation sites (N-methyl/N-ethyl adjacent to an activating group) is 1. The molecule has 1 aliphatic rings. The smallest absolute Gasteiger partial charge is 0.236 e. The van der Waals surface area contributed by atoms with E-state index in [1.807, 2.05) is 14.1 Å². The number of rotatable bonds is 7. The molecule has 0 radical (unpaired) electrons. The van der Waals surface area contributed by atoms with Gasteiger partial charge in [0.2, 0.25) is 11.8 Å². The van der Waals surface area contributed by atoms with Gasteiger partial charge in [-0.15, -0.1) is 0 Å². The molecule has 0 aromatic heterocycles. The Bertz CT molecular complexity index is 608. The van der Waals surface area contributed by atoms with Crippen LogP contribution in [0.4, 0.5) is 0 Å². The fourth-order valence-corrected chi connectivity index (χ4v) is 2.86. The zero-order valence-corrected chi connectivity index (χ0v) is 15.3. The van der Waals surface area contributed by atoms with Crippen molar-refractivity contribution in [1.82, 2.24) is 9.80 Å². The molecule has 2 amide bonds. The lowest BCUT2D eigenvalue weighted by atomic mass is 9.97. The molecule has 1 atom stereocenters. The molecule has 138 valence electrons. The summed E-state index contributed by atoms with van der Waals surface area (Å²) in [7, 11) is 3.66. The third-order valence-corrected chi connectivity index (χ3v) is 4.12. The van der Waals surface area contributed by atoms with Crippen LogP contribution in [-0.4, -0.2) is 74.2 Å². The van der Waals surface area contributed by atoms with Gasteiger partial charge >= 0.3 is 0 Å². The van der Waals surface area contributed by atoms with Gasteiger partial charge in [0.15, 0.2) is 0 Å². The molecule has 8 heteroatoms. The van der Waals surface area contributed by atoms with Crippen LogP contribution in [-0.2, 0) is 14.3 Å². The minimum atomic E-state index is -0.953. The van der Waals surface area contributed by atoms with Gasteiger partial charge in [-0.2, -0.15) is 0 Å². The third-order valence-electron chi connectivity index (χ3n) is 3.86. The maximum atomic E-state index is 12.4. The molecule has 0 saturated carbocycles. The highest BCUT2D eigenvalue weighted by Gasteiger charge is 2.40. The van der Waals surface area contributed by atoms with E-state index >= 15 is 0 Å². The molecule has 1 saturated heterocycles. The summed E-state index contributed by atoms with van der Waals surface area (Å²) in [6.45, 7) is 1.48. The van der Waals surface area contributed by atoms with Crippen LogP contribution < -0.4 is 10.5 Å². The van der Waals surface area contributed by atoms with Crippen molar-refractivity contribution in [2.75, 3.05) is 46.9 Å². The van der Waals surface area contributed by atoms with E-state index in [4.69, 9.17) is 26.8 Å². The number of halogens is 1. The van der Waals surface area contributed by atoms with Gasteiger partial charge in [-0.25, -0.2) is 0 Å². The van der Waals surface area contributed by atoms with Crippen LogP contribution in [0, 0.1) is 0 Å². The Kier molecular flexibility index (Phi) is 6.64. The number of benzene rings is 1. The standard InChI is InChI=1S/C17H24ClN3O4/c1-20(2)10-16(23)21-7-8-25-17(11-21,9-15(19)22)12-24-14-5-3-13(18)4-6-14/h3-6H,7-12H2,1-2H3,(H2,19,22)/t17-/m1/s1. The van der Waals surface area contributed by atoms with Crippen LogP contribution >= 0.6 is 11.6 Å². The number of hydrogen-bond donors (Lipinski definition) is 1. The quantitative estimate of drug-likeness (QED) is 0.766. The van der Waals surface area contributed by atoms with Gasteiger partial charge in [0.25, 0.3) is 0 Å². The third kappa shape index (κ3) is 5.88. The summed E-state index contributed by atoms with van der Waals surface area (Å²) < 4.78 is 11.6. The average Bonchev–Trinajstić information content (AvgIpc) is 2.53. The highest BCUT2D eigenvalue weighted by Crippen LogP contribution is 2.25. The molecule has 0 spiro atoms. The van der Waals surface area contributed by atoms with Crippen molar-refractivity contribution in [1.29, 1.82) is 0 Å². The number of morpholine rings is 1. The second kappa shape index (κ2) is 8.51. The minimum Gasteiger partial charge on any atom is -0.490 e. The highest BCUT2D eigenvalue weighted by atomic mass is 35.5. The molecule has 1 aromatic rings. The lowest BCUT2D eigenvalue weighted by molar-refractivity contribution is -0.162. The zero-order chi connectivity index (χ0) is 18.4. The van der Waals surface area contributed by atoms with Gasteiger partial charge in [0, 0.05) is 11.6 Å². The lowest BCUT2D eigenvalue weighted by Gasteiger charge is -2.42. The number of hydrogen-bond acceptors (Lipinski definition) is 5. The summed E-state index contributed by atoms with van der Waals surface area (Å²) >= 11 is 5.86. The van der Waals surface area contributed by atoms with Crippen molar-refractivity contribution in [3.05, 3.63) is 29.3 Å². The number of ether oxygens (including phenoxy) is 2. The second-order valence-corrected chi connectivity index (χ2v) is 6.91. The van der Waals surface area contributed by atoms with E-state index in [0.717, 1.165) is 0 Å². The summed E-state index contributed by atoms with van der Waals surface area (Å²) in [5.41, 5.74) is 4.44. The Morgan fingerprint density at radius 3 is 2.64 bits per heavy atom. The molecule has 1 aromatic carbocycles. The molecule has 1 aliphatic heterocycles. The molecule has 0 bridgehead atoms. The Morgan fingerprint density at radius 2 is 2.04 bits per heavy atom. The summed E-state index contributed by atoms with van der Waals surface area (Å²) in [5.74, 6) is 0.0869. The molecule has 25 heavy (non-hydrogen) atoms. The lowest BCUT2D eigenvalue weighted by Crippen LogP contribution is -2.58. The molecule has 1 heterocycles. The zero-order valence-electron chi connectivity index (χ0n) is 14.5. The van der Waals surface area contributed by atoms with E-state index in [0.29, 0.717) is 30.5 Å². The van der Waals surface area contributed by atoms with Crippen molar-refractivity contribution >= 4 is 23.4 Å².